The number of aliphatic hydroxyl groups excluding tert-OH is 1. The fourth-order valence-electron chi connectivity index (χ4n) is 2.19. The molecule has 3 N–H and O–H groups in total. The van der Waals surface area contributed by atoms with Crippen LogP contribution < -0.4 is 10.6 Å². The number of anilines is 1. The van der Waals surface area contributed by atoms with Crippen LogP contribution >= 0.6 is 11.8 Å². The average Bonchev–Trinajstić information content (AvgIpc) is 2.96. The first-order valence-electron chi connectivity index (χ1n) is 8.02. The Kier molecular flexibility index (Phi) is 7.16. The Balaban J connectivity index is 2.00. The lowest BCUT2D eigenvalue weighted by Crippen LogP contribution is -2.33. The molecule has 2 amide bonds. The third kappa shape index (κ3) is 5.57. The predicted molar refractivity (Wildman–Crippen MR) is 97.2 cm³/mol. The van der Waals surface area contributed by atoms with Crippen LogP contribution in [-0.4, -0.2) is 38.3 Å². The summed E-state index contributed by atoms with van der Waals surface area (Å²) in [6, 6.07) is 5.88. The van der Waals surface area contributed by atoms with E-state index in [0.29, 0.717) is 10.9 Å². The Morgan fingerprint density at radius 1 is 1.31 bits per heavy atom. The van der Waals surface area contributed by atoms with Gasteiger partial charge in [-0.3, -0.25) is 9.59 Å². The number of benzene rings is 1. The predicted octanol–water partition coefficient (Wildman–Crippen LogP) is 1.77. The van der Waals surface area contributed by atoms with Gasteiger partial charge in [0, 0.05) is 6.04 Å². The van der Waals surface area contributed by atoms with Crippen LogP contribution in [0.25, 0.3) is 0 Å². The molecule has 0 saturated carbocycles. The second-order valence-corrected chi connectivity index (χ2v) is 6.76. The number of imidazole rings is 1. The molecule has 0 aliphatic heterocycles. The van der Waals surface area contributed by atoms with Crippen LogP contribution in [0, 0.1) is 5.82 Å². The molecule has 2 rings (SSSR count). The van der Waals surface area contributed by atoms with Gasteiger partial charge in [0.25, 0.3) is 0 Å². The Morgan fingerprint density at radius 3 is 2.69 bits per heavy atom. The van der Waals surface area contributed by atoms with Gasteiger partial charge < -0.3 is 20.3 Å². The van der Waals surface area contributed by atoms with Gasteiger partial charge in [0.1, 0.15) is 12.4 Å². The number of carbonyl (C=O) groups excluding carboxylic acids is 2. The van der Waals surface area contributed by atoms with Crippen LogP contribution in [0.1, 0.15) is 19.5 Å². The second-order valence-electron chi connectivity index (χ2n) is 5.82. The quantitative estimate of drug-likeness (QED) is 0.607. The molecule has 7 nitrogen and oxygen atoms in total. The molecule has 0 aliphatic rings. The summed E-state index contributed by atoms with van der Waals surface area (Å²) >= 11 is 1.10. The highest BCUT2D eigenvalue weighted by atomic mass is 32.2. The van der Waals surface area contributed by atoms with E-state index in [4.69, 9.17) is 0 Å². The van der Waals surface area contributed by atoms with Gasteiger partial charge in [-0.05, 0) is 26.0 Å². The highest BCUT2D eigenvalue weighted by Crippen LogP contribution is 2.20. The van der Waals surface area contributed by atoms with Crippen molar-refractivity contribution in [1.29, 1.82) is 0 Å². The van der Waals surface area contributed by atoms with Crippen LogP contribution in [0.2, 0.25) is 0 Å². The van der Waals surface area contributed by atoms with Crippen LogP contribution in [0.5, 0.6) is 0 Å². The van der Waals surface area contributed by atoms with Crippen molar-refractivity contribution in [2.45, 2.75) is 38.2 Å². The van der Waals surface area contributed by atoms with E-state index in [9.17, 15) is 19.1 Å². The molecule has 1 aromatic heterocycles. The first-order chi connectivity index (χ1) is 12.4. The van der Waals surface area contributed by atoms with Gasteiger partial charge in [0.15, 0.2) is 5.16 Å². The maximum atomic E-state index is 13.6. The smallest absolute Gasteiger partial charge is 0.240 e. The molecule has 0 bridgehead atoms. The summed E-state index contributed by atoms with van der Waals surface area (Å²) in [5.74, 6) is -1.14. The number of rotatable bonds is 8. The Morgan fingerprint density at radius 2 is 2.04 bits per heavy atom. The highest BCUT2D eigenvalue weighted by Gasteiger charge is 2.15. The van der Waals surface area contributed by atoms with Crippen molar-refractivity contribution in [1.82, 2.24) is 14.9 Å². The van der Waals surface area contributed by atoms with Crippen molar-refractivity contribution in [3.8, 4) is 0 Å². The number of nitrogens with one attached hydrogen (secondary N) is 2. The summed E-state index contributed by atoms with van der Waals surface area (Å²) in [5, 5.41) is 15.1. The summed E-state index contributed by atoms with van der Waals surface area (Å²) in [5.41, 5.74) is 0.578. The van der Waals surface area contributed by atoms with Gasteiger partial charge in [-0.2, -0.15) is 0 Å². The summed E-state index contributed by atoms with van der Waals surface area (Å²) in [7, 11) is 0. The minimum Gasteiger partial charge on any atom is -0.390 e. The third-order valence-corrected chi connectivity index (χ3v) is 4.29. The van der Waals surface area contributed by atoms with Crippen LogP contribution in [0.4, 0.5) is 10.1 Å². The number of thioether (sulfide) groups is 1. The number of carbonyl (C=O) groups is 2. The molecule has 2 aromatic rings. The number of nitrogens with zero attached hydrogens (tertiary/aromatic N) is 2. The van der Waals surface area contributed by atoms with Crippen molar-refractivity contribution in [3.63, 3.8) is 0 Å². The topological polar surface area (TPSA) is 96.2 Å². The summed E-state index contributed by atoms with van der Waals surface area (Å²) < 4.78 is 15.1. The number of amides is 2. The molecule has 140 valence electrons. The second kappa shape index (κ2) is 9.35. The van der Waals surface area contributed by atoms with Crippen LogP contribution in [-0.2, 0) is 22.7 Å². The van der Waals surface area contributed by atoms with Crippen molar-refractivity contribution >= 4 is 29.3 Å². The normalized spacial score (nSPS) is 10.8. The van der Waals surface area contributed by atoms with Gasteiger partial charge in [-0.1, -0.05) is 23.9 Å². The Labute approximate surface area is 155 Å². The van der Waals surface area contributed by atoms with E-state index >= 15 is 0 Å². The SMILES string of the molecule is CC(C)NC(=O)Cn1c(CO)cnc1SCC(=O)Nc1ccccc1F. The lowest BCUT2D eigenvalue weighted by atomic mass is 10.3. The molecule has 0 radical (unpaired) electrons. The van der Waals surface area contributed by atoms with E-state index in [1.165, 1.54) is 24.4 Å². The zero-order valence-corrected chi connectivity index (χ0v) is 15.3. The lowest BCUT2D eigenvalue weighted by Gasteiger charge is -2.13. The van der Waals surface area contributed by atoms with Gasteiger partial charge in [-0.25, -0.2) is 9.37 Å². The number of hydrogen-bond acceptors (Lipinski definition) is 5. The van der Waals surface area contributed by atoms with Crippen molar-refractivity contribution in [3.05, 3.63) is 42.0 Å². The first-order valence-corrected chi connectivity index (χ1v) is 9.01. The monoisotopic (exact) mass is 380 g/mol. The van der Waals surface area contributed by atoms with Crippen LogP contribution in [0.15, 0.2) is 35.6 Å². The van der Waals surface area contributed by atoms with Crippen molar-refractivity contribution < 1.29 is 19.1 Å². The van der Waals surface area contributed by atoms with E-state index in [1.807, 2.05) is 13.8 Å². The Hall–Kier alpha value is -2.39. The number of halogens is 1. The molecule has 0 spiro atoms. The fraction of sp³-hybridized carbons (Fsp3) is 0.353. The van der Waals surface area contributed by atoms with Gasteiger partial charge >= 0.3 is 0 Å². The maximum absolute atomic E-state index is 13.6. The molecule has 0 atom stereocenters. The molecule has 9 heteroatoms. The molecule has 0 saturated heterocycles. The molecule has 1 aromatic carbocycles. The summed E-state index contributed by atoms with van der Waals surface area (Å²) in [4.78, 5) is 28.2. The highest BCUT2D eigenvalue weighted by molar-refractivity contribution is 7.99. The van der Waals surface area contributed by atoms with E-state index in [0.717, 1.165) is 11.8 Å². The zero-order valence-electron chi connectivity index (χ0n) is 14.5. The van der Waals surface area contributed by atoms with Crippen molar-refractivity contribution in [2.75, 3.05) is 11.1 Å². The minimum absolute atomic E-state index is 0.00810. The minimum atomic E-state index is -0.514. The zero-order chi connectivity index (χ0) is 19.1. The van der Waals surface area contributed by atoms with E-state index < -0.39 is 11.7 Å². The molecule has 0 unspecified atom stereocenters. The van der Waals surface area contributed by atoms with Gasteiger partial charge in [0.2, 0.25) is 11.8 Å². The average molecular weight is 380 g/mol. The van der Waals surface area contributed by atoms with Gasteiger partial charge in [0.05, 0.1) is 29.9 Å². The fourth-order valence-corrected chi connectivity index (χ4v) is 2.99. The lowest BCUT2D eigenvalue weighted by molar-refractivity contribution is -0.122. The summed E-state index contributed by atoms with van der Waals surface area (Å²) in [6.07, 6.45) is 1.46. The molecular weight excluding hydrogens is 359 g/mol. The standard InChI is InChI=1S/C17H21FN4O3S/c1-11(2)20-15(24)8-22-12(9-23)7-19-17(22)26-10-16(25)21-14-6-4-3-5-13(14)18/h3-7,11,23H,8-10H2,1-2H3,(H,20,24)(H,21,25). The van der Waals surface area contributed by atoms with Gasteiger partial charge in [-0.15, -0.1) is 0 Å². The number of aliphatic hydroxyl groups is 1. The maximum Gasteiger partial charge on any atom is 0.240 e. The first kappa shape index (κ1) is 19.9. The van der Waals surface area contributed by atoms with E-state index in [1.54, 1.807) is 10.6 Å². The molecule has 0 fully saturated rings. The third-order valence-electron chi connectivity index (χ3n) is 3.30. The largest absolute Gasteiger partial charge is 0.390 e. The van der Waals surface area contributed by atoms with E-state index in [2.05, 4.69) is 15.6 Å². The van der Waals surface area contributed by atoms with Crippen molar-refractivity contribution in [2.24, 2.45) is 0 Å². The number of hydrogen-bond donors (Lipinski definition) is 3. The number of para-hydroxylation sites is 1. The summed E-state index contributed by atoms with van der Waals surface area (Å²) in [6.45, 7) is 3.41. The Bertz CT molecular complexity index is 779. The van der Waals surface area contributed by atoms with Crippen LogP contribution in [0.3, 0.4) is 0 Å². The molecule has 26 heavy (non-hydrogen) atoms. The van der Waals surface area contributed by atoms with E-state index in [-0.39, 0.29) is 36.5 Å². The number of aromatic nitrogens is 2. The molecule has 0 aliphatic carbocycles. The molecule has 1 heterocycles. The molecular formula is C17H21FN4O3S.